The van der Waals surface area contributed by atoms with Gasteiger partial charge in [-0.05, 0) is 51.2 Å². The molecule has 0 bridgehead atoms. The van der Waals surface area contributed by atoms with Crippen molar-refractivity contribution < 1.29 is 14.3 Å². The highest BCUT2D eigenvalue weighted by atomic mass is 16.6. The van der Waals surface area contributed by atoms with Gasteiger partial charge in [-0.2, -0.15) is 5.21 Å². The monoisotopic (exact) mass is 333 g/mol. The summed E-state index contributed by atoms with van der Waals surface area (Å²) in [7, 11) is 3.46. The molecule has 1 aromatic heterocycles. The molecular formula is C16H23N5O3. The van der Waals surface area contributed by atoms with Gasteiger partial charge in [0.25, 0.3) is 0 Å². The van der Waals surface area contributed by atoms with Gasteiger partial charge in [0.1, 0.15) is 11.4 Å². The number of hydrogen-bond donors (Lipinski definition) is 1. The number of aromatic nitrogens is 4. The van der Waals surface area contributed by atoms with Crippen molar-refractivity contribution in [1.82, 2.24) is 25.5 Å². The summed E-state index contributed by atoms with van der Waals surface area (Å²) >= 11 is 0. The molecule has 0 aliphatic carbocycles. The van der Waals surface area contributed by atoms with Crippen LogP contribution >= 0.6 is 0 Å². The van der Waals surface area contributed by atoms with Crippen molar-refractivity contribution in [2.75, 3.05) is 20.7 Å². The Labute approximate surface area is 141 Å². The molecule has 0 spiro atoms. The second-order valence-corrected chi connectivity index (χ2v) is 6.52. The molecule has 0 aliphatic rings. The predicted molar refractivity (Wildman–Crippen MR) is 88.3 cm³/mol. The minimum Gasteiger partial charge on any atom is -0.496 e. The number of rotatable bonds is 6. The van der Waals surface area contributed by atoms with Gasteiger partial charge in [-0.15, -0.1) is 10.2 Å². The first-order valence-electron chi connectivity index (χ1n) is 7.59. The van der Waals surface area contributed by atoms with Crippen molar-refractivity contribution >= 4 is 5.97 Å². The van der Waals surface area contributed by atoms with Crippen LogP contribution in [-0.4, -0.2) is 57.8 Å². The molecule has 130 valence electrons. The number of carbonyl (C=O) groups is 1. The summed E-state index contributed by atoms with van der Waals surface area (Å²) in [4.78, 5) is 13.8. The molecule has 1 aromatic carbocycles. The first-order valence-corrected chi connectivity index (χ1v) is 7.59. The van der Waals surface area contributed by atoms with Crippen molar-refractivity contribution in [2.45, 2.75) is 32.9 Å². The Kier molecular flexibility index (Phi) is 5.50. The number of carbonyl (C=O) groups excluding carboxylic acids is 1. The molecule has 0 amide bonds. The van der Waals surface area contributed by atoms with E-state index in [2.05, 4.69) is 20.6 Å². The van der Waals surface area contributed by atoms with Crippen molar-refractivity contribution in [2.24, 2.45) is 0 Å². The van der Waals surface area contributed by atoms with E-state index >= 15 is 0 Å². The molecule has 2 aromatic rings. The molecule has 8 nitrogen and oxygen atoms in total. The van der Waals surface area contributed by atoms with Crippen LogP contribution in [0.25, 0.3) is 11.4 Å². The first-order chi connectivity index (χ1) is 11.3. The van der Waals surface area contributed by atoms with E-state index in [1.807, 2.05) is 50.9 Å². The summed E-state index contributed by atoms with van der Waals surface area (Å²) in [5.41, 5.74) is 1.25. The zero-order valence-corrected chi connectivity index (χ0v) is 14.7. The normalized spacial score (nSPS) is 11.6. The third kappa shape index (κ3) is 5.02. The van der Waals surface area contributed by atoms with Gasteiger partial charge in [0.2, 0.25) is 5.82 Å². The summed E-state index contributed by atoms with van der Waals surface area (Å²) in [6, 6.07) is 5.64. The molecule has 0 aliphatic heterocycles. The number of hydrogen-bond acceptors (Lipinski definition) is 7. The van der Waals surface area contributed by atoms with Gasteiger partial charge in [-0.1, -0.05) is 0 Å². The molecule has 1 heterocycles. The van der Waals surface area contributed by atoms with E-state index in [4.69, 9.17) is 9.47 Å². The zero-order valence-electron chi connectivity index (χ0n) is 14.7. The van der Waals surface area contributed by atoms with Crippen LogP contribution in [0.2, 0.25) is 0 Å². The van der Waals surface area contributed by atoms with Crippen LogP contribution in [0.4, 0.5) is 0 Å². The largest absolute Gasteiger partial charge is 0.496 e. The van der Waals surface area contributed by atoms with Crippen LogP contribution in [-0.2, 0) is 16.1 Å². The Hall–Kier alpha value is -2.48. The van der Waals surface area contributed by atoms with Crippen LogP contribution in [0.5, 0.6) is 5.75 Å². The van der Waals surface area contributed by atoms with Gasteiger partial charge in [0.15, 0.2) is 0 Å². The second-order valence-electron chi connectivity index (χ2n) is 6.52. The van der Waals surface area contributed by atoms with Gasteiger partial charge < -0.3 is 9.47 Å². The topological polar surface area (TPSA) is 93.2 Å². The molecule has 0 atom stereocenters. The lowest BCUT2D eigenvalue weighted by molar-refractivity contribution is -0.155. The van der Waals surface area contributed by atoms with Gasteiger partial charge in [0.05, 0.1) is 13.7 Å². The molecular weight excluding hydrogens is 310 g/mol. The first kappa shape index (κ1) is 17.9. The molecule has 2 rings (SSSR count). The minimum atomic E-state index is -0.492. The maximum atomic E-state index is 11.9. The third-order valence-corrected chi connectivity index (χ3v) is 3.14. The molecule has 1 N–H and O–H groups in total. The quantitative estimate of drug-likeness (QED) is 0.803. The van der Waals surface area contributed by atoms with Crippen LogP contribution in [0.15, 0.2) is 18.2 Å². The Morgan fingerprint density at radius 3 is 2.67 bits per heavy atom. The molecule has 0 saturated carbocycles. The van der Waals surface area contributed by atoms with E-state index in [-0.39, 0.29) is 12.5 Å². The van der Waals surface area contributed by atoms with Crippen LogP contribution < -0.4 is 4.74 Å². The number of likely N-dealkylation sites (N-methyl/N-ethyl adjacent to an activating group) is 1. The highest BCUT2D eigenvalue weighted by Gasteiger charge is 2.18. The molecule has 8 heteroatoms. The molecule has 0 unspecified atom stereocenters. The average molecular weight is 333 g/mol. The fraction of sp³-hybridized carbons (Fsp3) is 0.500. The Balaban J connectivity index is 2.10. The fourth-order valence-corrected chi connectivity index (χ4v) is 2.27. The lowest BCUT2D eigenvalue weighted by atomic mass is 10.1. The van der Waals surface area contributed by atoms with Crippen molar-refractivity contribution in [3.63, 3.8) is 0 Å². The lowest BCUT2D eigenvalue weighted by Crippen LogP contribution is -2.32. The van der Waals surface area contributed by atoms with Gasteiger partial charge in [-0.25, -0.2) is 0 Å². The standard InChI is InChI=1S/C16H23N5O3/c1-16(2,3)24-14(22)10-21(4)9-12-8-11(6-7-13(12)23-5)15-17-19-20-18-15/h6-8H,9-10H2,1-5H3,(H,17,18,19,20). The zero-order chi connectivity index (χ0) is 17.7. The number of tetrazole rings is 1. The predicted octanol–water partition coefficient (Wildman–Crippen LogP) is 1.65. The molecule has 24 heavy (non-hydrogen) atoms. The maximum absolute atomic E-state index is 11.9. The van der Waals surface area contributed by atoms with Crippen molar-refractivity contribution in [3.8, 4) is 17.1 Å². The minimum absolute atomic E-state index is 0.187. The summed E-state index contributed by atoms with van der Waals surface area (Å²) in [6.07, 6.45) is 0. The van der Waals surface area contributed by atoms with Gasteiger partial charge >= 0.3 is 5.97 Å². The van der Waals surface area contributed by atoms with E-state index < -0.39 is 5.60 Å². The van der Waals surface area contributed by atoms with Crippen LogP contribution in [0.1, 0.15) is 26.3 Å². The van der Waals surface area contributed by atoms with Crippen molar-refractivity contribution in [3.05, 3.63) is 23.8 Å². The van der Waals surface area contributed by atoms with Gasteiger partial charge in [-0.3, -0.25) is 9.69 Å². The van der Waals surface area contributed by atoms with E-state index in [1.54, 1.807) is 7.11 Å². The van der Waals surface area contributed by atoms with E-state index in [1.165, 1.54) is 0 Å². The Morgan fingerprint density at radius 1 is 1.33 bits per heavy atom. The molecule has 0 fully saturated rings. The molecule has 0 radical (unpaired) electrons. The van der Waals surface area contributed by atoms with Crippen LogP contribution in [0, 0.1) is 0 Å². The summed E-state index contributed by atoms with van der Waals surface area (Å²) in [5, 5.41) is 13.9. The summed E-state index contributed by atoms with van der Waals surface area (Å²) in [5.74, 6) is 0.977. The number of aromatic amines is 1. The Morgan fingerprint density at radius 2 is 2.08 bits per heavy atom. The second kappa shape index (κ2) is 7.39. The van der Waals surface area contributed by atoms with E-state index in [0.717, 1.165) is 16.9 Å². The summed E-state index contributed by atoms with van der Waals surface area (Å²) < 4.78 is 10.7. The number of nitrogens with zero attached hydrogens (tertiary/aromatic N) is 4. The number of nitrogens with one attached hydrogen (secondary N) is 1. The van der Waals surface area contributed by atoms with E-state index in [9.17, 15) is 4.79 Å². The number of ether oxygens (including phenoxy) is 2. The molecule has 0 saturated heterocycles. The Bertz CT molecular complexity index is 680. The van der Waals surface area contributed by atoms with Crippen LogP contribution in [0.3, 0.4) is 0 Å². The number of methoxy groups -OCH3 is 1. The smallest absolute Gasteiger partial charge is 0.320 e. The number of H-pyrrole nitrogens is 1. The van der Waals surface area contributed by atoms with E-state index in [0.29, 0.717) is 12.4 Å². The van der Waals surface area contributed by atoms with Crippen molar-refractivity contribution in [1.29, 1.82) is 0 Å². The fourth-order valence-electron chi connectivity index (χ4n) is 2.27. The highest BCUT2D eigenvalue weighted by Crippen LogP contribution is 2.25. The summed E-state index contributed by atoms with van der Waals surface area (Å²) in [6.45, 7) is 6.26. The lowest BCUT2D eigenvalue weighted by Gasteiger charge is -2.23. The number of esters is 1. The SMILES string of the molecule is COc1ccc(-c2nn[nH]n2)cc1CN(C)CC(=O)OC(C)(C)C. The van der Waals surface area contributed by atoms with Gasteiger partial charge in [0, 0.05) is 17.7 Å². The average Bonchev–Trinajstić information content (AvgIpc) is 2.98. The number of benzene rings is 1. The third-order valence-electron chi connectivity index (χ3n) is 3.14. The highest BCUT2D eigenvalue weighted by molar-refractivity contribution is 5.72. The maximum Gasteiger partial charge on any atom is 0.320 e.